The predicted octanol–water partition coefficient (Wildman–Crippen LogP) is 5.82. The van der Waals surface area contributed by atoms with Crippen LogP contribution < -0.4 is 5.32 Å². The summed E-state index contributed by atoms with van der Waals surface area (Å²) in [7, 11) is 0. The van der Waals surface area contributed by atoms with Gasteiger partial charge in [-0.3, -0.25) is 4.98 Å². The van der Waals surface area contributed by atoms with Crippen LogP contribution in [0.5, 0.6) is 0 Å². The fraction of sp³-hybridized carbons (Fsp3) is 0.280. The van der Waals surface area contributed by atoms with Crippen molar-refractivity contribution in [2.24, 2.45) is 0 Å². The Labute approximate surface area is 175 Å². The molecule has 0 fully saturated rings. The number of aromatic nitrogens is 1. The van der Waals surface area contributed by atoms with Crippen LogP contribution in [0.3, 0.4) is 0 Å². The Hall–Kier alpha value is -3.21. The van der Waals surface area contributed by atoms with Gasteiger partial charge in [0, 0.05) is 18.7 Å². The van der Waals surface area contributed by atoms with E-state index in [1.807, 2.05) is 13.0 Å². The molecular formula is C25H25FN2O2. The topological polar surface area (TPSA) is 62.2 Å². The van der Waals surface area contributed by atoms with Gasteiger partial charge >= 0.3 is 5.97 Å². The Morgan fingerprint density at radius 2 is 2.07 bits per heavy atom. The normalized spacial score (nSPS) is 15.9. The summed E-state index contributed by atoms with van der Waals surface area (Å²) in [4.78, 5) is 15.5. The fourth-order valence-electron chi connectivity index (χ4n) is 4.37. The molecule has 2 N–H and O–H groups in total. The van der Waals surface area contributed by atoms with Crippen LogP contribution in [-0.2, 0) is 6.42 Å². The quantitative estimate of drug-likeness (QED) is 0.526. The number of carbonyl (C=O) groups is 1. The van der Waals surface area contributed by atoms with Gasteiger partial charge in [0.1, 0.15) is 5.82 Å². The second kappa shape index (κ2) is 8.66. The summed E-state index contributed by atoms with van der Waals surface area (Å²) in [6, 6.07) is 13.0. The van der Waals surface area contributed by atoms with Gasteiger partial charge in [-0.15, -0.1) is 0 Å². The number of nitrogens with zero attached hydrogens (tertiary/aromatic N) is 1. The number of hydrogen-bond acceptors (Lipinski definition) is 3. The third kappa shape index (κ3) is 4.20. The highest BCUT2D eigenvalue weighted by Crippen LogP contribution is 2.34. The smallest absolute Gasteiger partial charge is 0.337 e. The second-order valence-corrected chi connectivity index (χ2v) is 7.92. The third-order valence-electron chi connectivity index (χ3n) is 5.92. The van der Waals surface area contributed by atoms with Gasteiger partial charge in [-0.05, 0) is 72.2 Å². The van der Waals surface area contributed by atoms with E-state index in [1.54, 1.807) is 12.3 Å². The number of nitrogens with one attached hydrogen (secondary N) is 1. The van der Waals surface area contributed by atoms with E-state index in [9.17, 15) is 14.3 Å². The van der Waals surface area contributed by atoms with Crippen LogP contribution in [0.2, 0.25) is 0 Å². The molecule has 1 aromatic heterocycles. The molecule has 4 rings (SSSR count). The molecule has 1 unspecified atom stereocenters. The summed E-state index contributed by atoms with van der Waals surface area (Å²) in [5.74, 6) is -0.874. The number of carboxylic acid groups (broad SMARTS) is 1. The molecule has 0 spiro atoms. The van der Waals surface area contributed by atoms with Crippen LogP contribution in [0, 0.1) is 12.7 Å². The minimum absolute atomic E-state index is 0.215. The van der Waals surface area contributed by atoms with Gasteiger partial charge in [0.15, 0.2) is 0 Å². The molecule has 154 valence electrons. The van der Waals surface area contributed by atoms with Crippen molar-refractivity contribution >= 4 is 11.7 Å². The highest BCUT2D eigenvalue weighted by atomic mass is 19.1. The van der Waals surface area contributed by atoms with E-state index in [0.29, 0.717) is 18.2 Å². The number of carboxylic acids is 1. The van der Waals surface area contributed by atoms with Crippen molar-refractivity contribution < 1.29 is 14.3 Å². The Bertz CT molecular complexity index is 1080. The van der Waals surface area contributed by atoms with Crippen molar-refractivity contribution in [3.63, 3.8) is 0 Å². The minimum atomic E-state index is -0.958. The molecule has 0 saturated carbocycles. The molecule has 1 heterocycles. The van der Waals surface area contributed by atoms with Gasteiger partial charge in [-0.25, -0.2) is 9.18 Å². The van der Waals surface area contributed by atoms with Gasteiger partial charge in [0.05, 0.1) is 17.4 Å². The highest BCUT2D eigenvalue weighted by molar-refractivity contribution is 5.93. The lowest BCUT2D eigenvalue weighted by molar-refractivity contribution is 0.0697. The van der Waals surface area contributed by atoms with Crippen LogP contribution in [0.4, 0.5) is 10.1 Å². The lowest BCUT2D eigenvalue weighted by atomic mass is 9.89. The number of aromatic carboxylic acids is 1. The predicted molar refractivity (Wildman–Crippen MR) is 117 cm³/mol. The first kappa shape index (κ1) is 20.1. The molecule has 2 aromatic carbocycles. The first-order chi connectivity index (χ1) is 14.5. The summed E-state index contributed by atoms with van der Waals surface area (Å²) >= 11 is 0. The molecule has 0 aliphatic heterocycles. The van der Waals surface area contributed by atoms with Crippen molar-refractivity contribution in [1.29, 1.82) is 0 Å². The van der Waals surface area contributed by atoms with E-state index in [1.165, 1.54) is 29.5 Å². The van der Waals surface area contributed by atoms with Crippen molar-refractivity contribution in [3.8, 4) is 11.1 Å². The number of anilines is 1. The second-order valence-electron chi connectivity index (χ2n) is 7.92. The standard InChI is InChI=1S/C25H25FN2O2/c1-16-12-20(26)7-9-21(16)18-6-8-22-17(13-18)4-2-3-5-19(22)14-28-24-15-27-11-10-23(24)25(29)30/h6-13,15,19,28H,2-5,14H2,1H3,(H,29,30). The Morgan fingerprint density at radius 1 is 1.20 bits per heavy atom. The average Bonchev–Trinajstić information content (AvgIpc) is 2.94. The van der Waals surface area contributed by atoms with E-state index in [0.717, 1.165) is 42.4 Å². The number of benzene rings is 2. The SMILES string of the molecule is Cc1cc(F)ccc1-c1ccc2c(c1)CCCCC2CNc1cnccc1C(=O)O. The Morgan fingerprint density at radius 3 is 2.87 bits per heavy atom. The van der Waals surface area contributed by atoms with Crippen LogP contribution >= 0.6 is 0 Å². The average molecular weight is 404 g/mol. The summed E-state index contributed by atoms with van der Waals surface area (Å²) in [5.41, 5.74) is 6.52. The van der Waals surface area contributed by atoms with Crippen LogP contribution in [-0.4, -0.2) is 22.6 Å². The molecule has 0 amide bonds. The zero-order valence-corrected chi connectivity index (χ0v) is 17.0. The summed E-state index contributed by atoms with van der Waals surface area (Å²) in [6.45, 7) is 2.60. The van der Waals surface area contributed by atoms with E-state index in [2.05, 4.69) is 28.5 Å². The molecule has 0 bridgehead atoms. The molecule has 1 atom stereocenters. The van der Waals surface area contributed by atoms with Gasteiger partial charge in [-0.1, -0.05) is 30.7 Å². The van der Waals surface area contributed by atoms with E-state index >= 15 is 0 Å². The maximum absolute atomic E-state index is 13.5. The van der Waals surface area contributed by atoms with Gasteiger partial charge < -0.3 is 10.4 Å². The summed E-state index contributed by atoms with van der Waals surface area (Å²) < 4.78 is 13.5. The maximum atomic E-state index is 13.5. The molecule has 3 aromatic rings. The molecule has 1 aliphatic carbocycles. The lowest BCUT2D eigenvalue weighted by Crippen LogP contribution is -2.15. The monoisotopic (exact) mass is 404 g/mol. The zero-order chi connectivity index (χ0) is 21.1. The number of hydrogen-bond donors (Lipinski definition) is 2. The Kier molecular flexibility index (Phi) is 5.79. The molecule has 5 heteroatoms. The first-order valence-electron chi connectivity index (χ1n) is 10.3. The highest BCUT2D eigenvalue weighted by Gasteiger charge is 2.20. The maximum Gasteiger partial charge on any atom is 0.337 e. The first-order valence-corrected chi connectivity index (χ1v) is 10.3. The third-order valence-corrected chi connectivity index (χ3v) is 5.92. The van der Waals surface area contributed by atoms with E-state index in [-0.39, 0.29) is 11.4 Å². The zero-order valence-electron chi connectivity index (χ0n) is 17.0. The van der Waals surface area contributed by atoms with Gasteiger partial charge in [-0.2, -0.15) is 0 Å². The number of aryl methyl sites for hydroxylation is 2. The number of fused-ring (bicyclic) bond motifs is 1. The summed E-state index contributed by atoms with van der Waals surface area (Å²) in [5, 5.41) is 12.7. The van der Waals surface area contributed by atoms with Crippen LogP contribution in [0.15, 0.2) is 54.9 Å². The van der Waals surface area contributed by atoms with Crippen LogP contribution in [0.1, 0.15) is 52.2 Å². The van der Waals surface area contributed by atoms with E-state index < -0.39 is 5.97 Å². The minimum Gasteiger partial charge on any atom is -0.478 e. The molecule has 0 radical (unpaired) electrons. The van der Waals surface area contributed by atoms with Crippen LogP contribution in [0.25, 0.3) is 11.1 Å². The largest absolute Gasteiger partial charge is 0.478 e. The lowest BCUT2D eigenvalue weighted by Gasteiger charge is -2.20. The molecule has 4 nitrogen and oxygen atoms in total. The molecular weight excluding hydrogens is 379 g/mol. The number of halogens is 1. The fourth-order valence-corrected chi connectivity index (χ4v) is 4.37. The van der Waals surface area contributed by atoms with Crippen molar-refractivity contribution in [3.05, 3.63) is 82.9 Å². The Balaban J connectivity index is 1.60. The van der Waals surface area contributed by atoms with E-state index in [4.69, 9.17) is 0 Å². The molecule has 30 heavy (non-hydrogen) atoms. The van der Waals surface area contributed by atoms with Crippen molar-refractivity contribution in [2.75, 3.05) is 11.9 Å². The van der Waals surface area contributed by atoms with Crippen molar-refractivity contribution in [1.82, 2.24) is 4.98 Å². The van der Waals surface area contributed by atoms with Crippen molar-refractivity contribution in [2.45, 2.75) is 38.5 Å². The van der Waals surface area contributed by atoms with Gasteiger partial charge in [0.25, 0.3) is 0 Å². The number of pyridine rings is 1. The van der Waals surface area contributed by atoms with Gasteiger partial charge in [0.2, 0.25) is 0 Å². The number of rotatable bonds is 5. The molecule has 0 saturated heterocycles. The molecule has 1 aliphatic rings. The summed E-state index contributed by atoms with van der Waals surface area (Å²) in [6.07, 6.45) is 7.40.